The van der Waals surface area contributed by atoms with Crippen molar-refractivity contribution >= 4 is 47.0 Å². The number of carbonyl (C=O) groups is 4. The Balaban J connectivity index is 1.21. The highest BCUT2D eigenvalue weighted by atomic mass is 32.2. The lowest BCUT2D eigenvalue weighted by Gasteiger charge is -2.26. The molecule has 0 unspecified atom stereocenters. The number of carbonyl (C=O) groups excluding carboxylic acids is 4. The molecular formula is C34H30N4O5S. The number of nitrogens with zero attached hydrogens (tertiary/aromatic N) is 1. The van der Waals surface area contributed by atoms with Gasteiger partial charge in [0.15, 0.2) is 0 Å². The molecule has 4 aromatic rings. The molecule has 0 bridgehead atoms. The number of thioether (sulfide) groups is 1. The Morgan fingerprint density at radius 2 is 1.59 bits per heavy atom. The second-order valence-corrected chi connectivity index (χ2v) is 11.7. The van der Waals surface area contributed by atoms with Gasteiger partial charge >= 0.3 is 6.09 Å². The Kier molecular flexibility index (Phi) is 8.08. The molecule has 222 valence electrons. The fourth-order valence-electron chi connectivity index (χ4n) is 5.68. The van der Waals surface area contributed by atoms with Gasteiger partial charge < -0.3 is 26.0 Å². The number of benzene rings is 4. The summed E-state index contributed by atoms with van der Waals surface area (Å²) >= 11 is 1.40. The number of nitrogens with one attached hydrogen (secondary N) is 2. The summed E-state index contributed by atoms with van der Waals surface area (Å²) in [4.78, 5) is 52.9. The van der Waals surface area contributed by atoms with Gasteiger partial charge in [-0.2, -0.15) is 0 Å². The number of primary amides is 1. The molecule has 0 aromatic heterocycles. The van der Waals surface area contributed by atoms with E-state index in [-0.39, 0.29) is 42.2 Å². The molecule has 0 radical (unpaired) electrons. The molecule has 1 aliphatic carbocycles. The van der Waals surface area contributed by atoms with Crippen LogP contribution in [0.4, 0.5) is 16.2 Å². The van der Waals surface area contributed by atoms with Crippen LogP contribution < -0.4 is 21.3 Å². The second-order valence-electron chi connectivity index (χ2n) is 10.7. The third-order valence-corrected chi connectivity index (χ3v) is 8.91. The number of nitrogens with two attached hydrogens (primary N) is 1. The van der Waals surface area contributed by atoms with E-state index in [0.717, 1.165) is 32.7 Å². The molecule has 0 spiro atoms. The van der Waals surface area contributed by atoms with E-state index in [9.17, 15) is 19.2 Å². The number of ether oxygens (including phenoxy) is 1. The minimum atomic E-state index is -0.890. The Bertz CT molecular complexity index is 1730. The van der Waals surface area contributed by atoms with Gasteiger partial charge in [0.1, 0.15) is 12.6 Å². The second kappa shape index (κ2) is 12.3. The van der Waals surface area contributed by atoms with Crippen LogP contribution in [0.1, 0.15) is 39.9 Å². The van der Waals surface area contributed by atoms with E-state index in [4.69, 9.17) is 10.5 Å². The summed E-state index contributed by atoms with van der Waals surface area (Å²) < 4.78 is 5.73. The van der Waals surface area contributed by atoms with Gasteiger partial charge in [0.2, 0.25) is 11.8 Å². The van der Waals surface area contributed by atoms with Gasteiger partial charge in [0.25, 0.3) is 5.91 Å². The van der Waals surface area contributed by atoms with Crippen molar-refractivity contribution in [2.75, 3.05) is 22.6 Å². The molecule has 4 aromatic carbocycles. The van der Waals surface area contributed by atoms with Crippen LogP contribution in [0.25, 0.3) is 11.1 Å². The van der Waals surface area contributed by atoms with Crippen LogP contribution in [0.3, 0.4) is 0 Å². The van der Waals surface area contributed by atoms with E-state index in [2.05, 4.69) is 22.8 Å². The Labute approximate surface area is 258 Å². The minimum Gasteiger partial charge on any atom is -0.449 e. The number of fused-ring (bicyclic) bond motifs is 4. The van der Waals surface area contributed by atoms with Gasteiger partial charge in [-0.3, -0.25) is 14.4 Å². The molecule has 1 atom stereocenters. The number of anilines is 2. The number of alkyl carbamates (subject to hydrolysis) is 1. The molecule has 0 saturated heterocycles. The van der Waals surface area contributed by atoms with E-state index < -0.39 is 18.0 Å². The maximum Gasteiger partial charge on any atom is 0.407 e. The van der Waals surface area contributed by atoms with Crippen molar-refractivity contribution in [1.82, 2.24) is 5.32 Å². The first kappa shape index (κ1) is 29.0. The molecular weight excluding hydrogens is 576 g/mol. The van der Waals surface area contributed by atoms with Crippen molar-refractivity contribution in [1.29, 1.82) is 0 Å². The first-order valence-corrected chi connectivity index (χ1v) is 15.1. The lowest BCUT2D eigenvalue weighted by atomic mass is 9.98. The van der Waals surface area contributed by atoms with Crippen molar-refractivity contribution in [3.63, 3.8) is 0 Å². The molecule has 0 fully saturated rings. The Hall–Kier alpha value is -5.09. The highest BCUT2D eigenvalue weighted by Crippen LogP contribution is 2.44. The summed E-state index contributed by atoms with van der Waals surface area (Å²) in [5, 5.41) is 5.51. The number of amides is 4. The van der Waals surface area contributed by atoms with Crippen molar-refractivity contribution < 1.29 is 23.9 Å². The normalized spacial score (nSPS) is 15.4. The number of rotatable bonds is 7. The zero-order valence-corrected chi connectivity index (χ0v) is 24.7. The largest absolute Gasteiger partial charge is 0.449 e. The highest BCUT2D eigenvalue weighted by molar-refractivity contribution is 7.99. The maximum absolute atomic E-state index is 14.0. The Morgan fingerprint density at radius 1 is 0.932 bits per heavy atom. The fraction of sp³-hybridized carbons (Fsp3) is 0.176. The van der Waals surface area contributed by atoms with Crippen LogP contribution in [0, 0.1) is 0 Å². The first-order chi connectivity index (χ1) is 21.3. The van der Waals surface area contributed by atoms with Crippen LogP contribution in [0.5, 0.6) is 0 Å². The smallest absolute Gasteiger partial charge is 0.407 e. The van der Waals surface area contributed by atoms with Crippen LogP contribution in [-0.2, 0) is 20.9 Å². The van der Waals surface area contributed by atoms with Gasteiger partial charge in [-0.1, -0.05) is 60.7 Å². The molecule has 1 heterocycles. The molecule has 1 aliphatic heterocycles. The summed E-state index contributed by atoms with van der Waals surface area (Å²) in [7, 11) is 0. The predicted octanol–water partition coefficient (Wildman–Crippen LogP) is 5.29. The summed E-state index contributed by atoms with van der Waals surface area (Å²) in [6.45, 7) is 1.72. The van der Waals surface area contributed by atoms with Gasteiger partial charge in [-0.05, 0) is 58.1 Å². The number of hydrogen-bond acceptors (Lipinski definition) is 6. The van der Waals surface area contributed by atoms with Crippen molar-refractivity contribution in [3.05, 3.63) is 113 Å². The van der Waals surface area contributed by atoms with E-state index in [0.29, 0.717) is 11.4 Å². The zero-order chi connectivity index (χ0) is 30.8. The highest BCUT2D eigenvalue weighted by Gasteiger charge is 2.34. The van der Waals surface area contributed by atoms with Crippen LogP contribution in [-0.4, -0.2) is 42.2 Å². The van der Waals surface area contributed by atoms with E-state index in [1.807, 2.05) is 48.5 Å². The topological polar surface area (TPSA) is 131 Å². The lowest BCUT2D eigenvalue weighted by Crippen LogP contribution is -2.49. The molecule has 4 amide bonds. The fourth-order valence-corrected chi connectivity index (χ4v) is 6.74. The molecule has 6 rings (SSSR count). The van der Waals surface area contributed by atoms with Gasteiger partial charge in [-0.15, -0.1) is 11.8 Å². The third kappa shape index (κ3) is 5.89. The summed E-state index contributed by atoms with van der Waals surface area (Å²) in [5.41, 5.74) is 12.2. The lowest BCUT2D eigenvalue weighted by molar-refractivity contribution is -0.120. The summed E-state index contributed by atoms with van der Waals surface area (Å²) in [5.74, 6) is -0.989. The summed E-state index contributed by atoms with van der Waals surface area (Å²) in [6, 6.07) is 27.4. The van der Waals surface area contributed by atoms with E-state index >= 15 is 0 Å². The van der Waals surface area contributed by atoms with Gasteiger partial charge in [-0.25, -0.2) is 4.79 Å². The third-order valence-electron chi connectivity index (χ3n) is 7.75. The molecule has 9 nitrogen and oxygen atoms in total. The monoisotopic (exact) mass is 606 g/mol. The quantitative estimate of drug-likeness (QED) is 0.262. The molecule has 10 heteroatoms. The molecule has 4 N–H and O–H groups in total. The van der Waals surface area contributed by atoms with E-state index in [1.54, 1.807) is 35.2 Å². The van der Waals surface area contributed by atoms with Gasteiger partial charge in [0.05, 0.1) is 12.2 Å². The SMILES string of the molecule is CC(=O)Nc1ccc(CN2C(=O)[C@@H](NC(=O)OCC3c4ccccc4-c4ccccc43)CSc3ccc(C(N)=O)cc32)cc1. The molecule has 0 saturated carbocycles. The van der Waals surface area contributed by atoms with Gasteiger partial charge in [0, 0.05) is 34.7 Å². The standard InChI is InChI=1S/C34H30N4O5S/c1-20(39)36-23-13-10-21(11-14-23)17-38-30-16-22(32(35)40)12-15-31(30)44-19-29(33(38)41)37-34(42)43-18-28-26-8-4-2-6-24(26)25-7-3-5-9-27(25)28/h2-16,28-29H,17-19H2,1H3,(H2,35,40)(H,36,39)(H,37,42)/t29-/m0/s1. The average molecular weight is 607 g/mol. The van der Waals surface area contributed by atoms with Crippen LogP contribution in [0.15, 0.2) is 95.9 Å². The Morgan fingerprint density at radius 3 is 2.23 bits per heavy atom. The molecule has 2 aliphatic rings. The maximum atomic E-state index is 14.0. The van der Waals surface area contributed by atoms with E-state index in [1.165, 1.54) is 18.7 Å². The minimum absolute atomic E-state index is 0.110. The zero-order valence-electron chi connectivity index (χ0n) is 23.9. The van der Waals surface area contributed by atoms with Crippen molar-refractivity contribution in [3.8, 4) is 11.1 Å². The number of hydrogen-bond donors (Lipinski definition) is 3. The summed E-state index contributed by atoms with van der Waals surface area (Å²) in [6.07, 6.45) is -0.686. The van der Waals surface area contributed by atoms with Crippen LogP contribution in [0.2, 0.25) is 0 Å². The first-order valence-electron chi connectivity index (χ1n) is 14.1. The van der Waals surface area contributed by atoms with Crippen LogP contribution >= 0.6 is 11.8 Å². The van der Waals surface area contributed by atoms with Crippen molar-refractivity contribution in [2.24, 2.45) is 5.73 Å². The predicted molar refractivity (Wildman–Crippen MR) is 170 cm³/mol. The molecule has 44 heavy (non-hydrogen) atoms. The average Bonchev–Trinajstić information content (AvgIpc) is 3.28. The van der Waals surface area contributed by atoms with Crippen molar-refractivity contribution in [2.45, 2.75) is 30.3 Å².